The molecule has 0 saturated carbocycles. The predicted molar refractivity (Wildman–Crippen MR) is 108 cm³/mol. The molecule has 4 aromatic rings. The first-order chi connectivity index (χ1) is 14.0. The number of aromatic nitrogens is 5. The number of thiazole rings is 1. The number of anilines is 1. The smallest absolute Gasteiger partial charge is 0.231 e. The number of carbonyl (C=O) groups is 1. The summed E-state index contributed by atoms with van der Waals surface area (Å²) in [4.78, 5) is 18.1. The average Bonchev–Trinajstić information content (AvgIpc) is 3.34. The lowest BCUT2D eigenvalue weighted by molar-refractivity contribution is -0.115. The Balaban J connectivity index is 1.37. The van der Waals surface area contributed by atoms with Crippen molar-refractivity contribution in [2.45, 2.75) is 19.9 Å². The minimum absolute atomic E-state index is 0.123. The summed E-state index contributed by atoms with van der Waals surface area (Å²) >= 11 is 1.40. The maximum Gasteiger partial charge on any atom is 0.231 e. The molecule has 0 saturated heterocycles. The molecule has 29 heavy (non-hydrogen) atoms. The van der Waals surface area contributed by atoms with Gasteiger partial charge in [-0.2, -0.15) is 4.80 Å². The van der Waals surface area contributed by atoms with Crippen LogP contribution in [-0.2, 0) is 17.8 Å². The fourth-order valence-corrected chi connectivity index (χ4v) is 3.46. The maximum absolute atomic E-state index is 13.3. The molecule has 2 aromatic carbocycles. The highest BCUT2D eigenvalue weighted by atomic mass is 32.1. The molecule has 2 aromatic heterocycles. The Kier molecular flexibility index (Phi) is 5.39. The summed E-state index contributed by atoms with van der Waals surface area (Å²) in [7, 11) is 0. The molecule has 0 spiro atoms. The van der Waals surface area contributed by atoms with Gasteiger partial charge in [0, 0.05) is 16.6 Å². The summed E-state index contributed by atoms with van der Waals surface area (Å²) in [5, 5.41) is 17.6. The number of carbonyl (C=O) groups excluding carboxylic acids is 1. The number of benzene rings is 2. The van der Waals surface area contributed by atoms with Gasteiger partial charge in [-0.25, -0.2) is 9.37 Å². The van der Waals surface area contributed by atoms with Crippen LogP contribution in [0.1, 0.15) is 16.3 Å². The van der Waals surface area contributed by atoms with Gasteiger partial charge >= 0.3 is 0 Å². The van der Waals surface area contributed by atoms with Gasteiger partial charge in [0.25, 0.3) is 0 Å². The number of nitrogens with zero attached hydrogens (tertiary/aromatic N) is 5. The van der Waals surface area contributed by atoms with Crippen molar-refractivity contribution in [2.24, 2.45) is 0 Å². The lowest BCUT2D eigenvalue weighted by Crippen LogP contribution is -2.14. The van der Waals surface area contributed by atoms with Crippen LogP contribution < -0.4 is 5.32 Å². The van der Waals surface area contributed by atoms with Crippen LogP contribution in [0.5, 0.6) is 0 Å². The van der Waals surface area contributed by atoms with E-state index in [1.54, 1.807) is 12.1 Å². The molecule has 0 atom stereocenters. The van der Waals surface area contributed by atoms with E-state index in [1.807, 2.05) is 36.6 Å². The number of hydrogen-bond donors (Lipinski definition) is 1. The van der Waals surface area contributed by atoms with Gasteiger partial charge in [0.2, 0.25) is 11.7 Å². The zero-order valence-electron chi connectivity index (χ0n) is 15.5. The topological polar surface area (TPSA) is 85.6 Å². The van der Waals surface area contributed by atoms with E-state index in [9.17, 15) is 9.18 Å². The van der Waals surface area contributed by atoms with E-state index in [1.165, 1.54) is 28.3 Å². The molecular weight excluding hydrogens is 391 g/mol. The highest BCUT2D eigenvalue weighted by Crippen LogP contribution is 2.16. The van der Waals surface area contributed by atoms with E-state index < -0.39 is 0 Å². The summed E-state index contributed by atoms with van der Waals surface area (Å²) in [6.07, 6.45) is 0.192. The SMILES string of the molecule is Cc1ccc(NC(=O)Cc2nc(Cn3nnc(-c4cccc(F)c4)n3)cs2)cc1. The summed E-state index contributed by atoms with van der Waals surface area (Å²) in [6.45, 7) is 2.31. The third-order valence-corrected chi connectivity index (χ3v) is 4.98. The largest absolute Gasteiger partial charge is 0.326 e. The van der Waals surface area contributed by atoms with Crippen molar-refractivity contribution in [2.75, 3.05) is 5.32 Å². The first-order valence-corrected chi connectivity index (χ1v) is 9.77. The van der Waals surface area contributed by atoms with Crippen molar-refractivity contribution < 1.29 is 9.18 Å². The Bertz CT molecular complexity index is 1140. The number of tetrazole rings is 1. The van der Waals surface area contributed by atoms with E-state index in [4.69, 9.17) is 0 Å². The number of rotatable bonds is 6. The van der Waals surface area contributed by atoms with E-state index in [0.717, 1.165) is 16.9 Å². The highest BCUT2D eigenvalue weighted by molar-refractivity contribution is 7.09. The minimum Gasteiger partial charge on any atom is -0.326 e. The Morgan fingerprint density at radius 2 is 2.03 bits per heavy atom. The van der Waals surface area contributed by atoms with Gasteiger partial charge in [-0.15, -0.1) is 21.5 Å². The molecule has 0 fully saturated rings. The van der Waals surface area contributed by atoms with Crippen molar-refractivity contribution in [1.29, 1.82) is 0 Å². The second-order valence-corrected chi connectivity index (χ2v) is 7.42. The zero-order chi connectivity index (χ0) is 20.2. The molecule has 0 aliphatic rings. The van der Waals surface area contributed by atoms with Gasteiger partial charge in [0.1, 0.15) is 17.4 Å². The Morgan fingerprint density at radius 1 is 1.21 bits per heavy atom. The molecule has 0 unspecified atom stereocenters. The van der Waals surface area contributed by atoms with Crippen LogP contribution in [0.4, 0.5) is 10.1 Å². The molecule has 7 nitrogen and oxygen atoms in total. The van der Waals surface area contributed by atoms with Gasteiger partial charge in [-0.1, -0.05) is 29.8 Å². The summed E-state index contributed by atoms with van der Waals surface area (Å²) in [5.74, 6) is -0.133. The average molecular weight is 408 g/mol. The van der Waals surface area contributed by atoms with Crippen molar-refractivity contribution in [1.82, 2.24) is 25.2 Å². The normalized spacial score (nSPS) is 10.8. The van der Waals surface area contributed by atoms with Gasteiger partial charge < -0.3 is 5.32 Å². The molecule has 1 N–H and O–H groups in total. The molecule has 146 valence electrons. The van der Waals surface area contributed by atoms with Crippen LogP contribution in [0.25, 0.3) is 11.4 Å². The Hall–Kier alpha value is -3.46. The summed E-state index contributed by atoms with van der Waals surface area (Å²) < 4.78 is 13.3. The number of aryl methyl sites for hydroxylation is 1. The molecule has 1 amide bonds. The minimum atomic E-state index is -0.355. The van der Waals surface area contributed by atoms with Crippen LogP contribution in [0.3, 0.4) is 0 Å². The van der Waals surface area contributed by atoms with Crippen LogP contribution in [0, 0.1) is 12.7 Å². The van der Waals surface area contributed by atoms with Gasteiger partial charge in [0.05, 0.1) is 12.1 Å². The lowest BCUT2D eigenvalue weighted by atomic mass is 10.2. The standard InChI is InChI=1S/C20H17FN6OS/c1-13-5-7-16(8-6-13)22-18(28)10-19-23-17(12-29-19)11-27-25-20(24-26-27)14-3-2-4-15(21)9-14/h2-9,12H,10-11H2,1H3,(H,22,28). The number of nitrogens with one attached hydrogen (secondary N) is 1. The van der Waals surface area contributed by atoms with E-state index in [0.29, 0.717) is 22.9 Å². The molecule has 0 aliphatic carbocycles. The second-order valence-electron chi connectivity index (χ2n) is 6.48. The van der Waals surface area contributed by atoms with Crippen molar-refractivity contribution in [3.05, 3.63) is 76.0 Å². The van der Waals surface area contributed by atoms with Gasteiger partial charge in [-0.3, -0.25) is 4.79 Å². The molecular formula is C20H17FN6OS. The first kappa shape index (κ1) is 18.9. The van der Waals surface area contributed by atoms with E-state index in [2.05, 4.69) is 25.7 Å². The van der Waals surface area contributed by atoms with Gasteiger partial charge in [0.15, 0.2) is 0 Å². The quantitative estimate of drug-likeness (QED) is 0.528. The van der Waals surface area contributed by atoms with Crippen molar-refractivity contribution in [3.8, 4) is 11.4 Å². The number of halogens is 1. The first-order valence-electron chi connectivity index (χ1n) is 8.89. The molecule has 4 rings (SSSR count). The van der Waals surface area contributed by atoms with Crippen LogP contribution in [-0.4, -0.2) is 31.1 Å². The molecule has 9 heteroatoms. The number of amides is 1. The fraction of sp³-hybridized carbons (Fsp3) is 0.150. The number of hydrogen-bond acceptors (Lipinski definition) is 6. The second kappa shape index (κ2) is 8.27. The van der Waals surface area contributed by atoms with E-state index >= 15 is 0 Å². The molecule has 0 bridgehead atoms. The molecule has 0 radical (unpaired) electrons. The Labute approximate surface area is 170 Å². The monoisotopic (exact) mass is 408 g/mol. The highest BCUT2D eigenvalue weighted by Gasteiger charge is 2.11. The predicted octanol–water partition coefficient (Wildman–Crippen LogP) is 3.47. The molecule has 0 aliphatic heterocycles. The van der Waals surface area contributed by atoms with Crippen molar-refractivity contribution >= 4 is 22.9 Å². The van der Waals surface area contributed by atoms with Gasteiger partial charge in [-0.05, 0) is 36.4 Å². The third-order valence-electron chi connectivity index (χ3n) is 4.09. The molecule has 2 heterocycles. The fourth-order valence-electron chi connectivity index (χ4n) is 2.68. The van der Waals surface area contributed by atoms with Crippen LogP contribution >= 0.6 is 11.3 Å². The van der Waals surface area contributed by atoms with Crippen LogP contribution in [0.2, 0.25) is 0 Å². The summed E-state index contributed by atoms with van der Waals surface area (Å²) in [6, 6.07) is 13.7. The van der Waals surface area contributed by atoms with Crippen molar-refractivity contribution in [3.63, 3.8) is 0 Å². The zero-order valence-corrected chi connectivity index (χ0v) is 16.4. The Morgan fingerprint density at radius 3 is 2.83 bits per heavy atom. The van der Waals surface area contributed by atoms with Crippen LogP contribution in [0.15, 0.2) is 53.9 Å². The lowest BCUT2D eigenvalue weighted by Gasteiger charge is -2.04. The maximum atomic E-state index is 13.3. The third kappa shape index (κ3) is 4.88. The van der Waals surface area contributed by atoms with E-state index in [-0.39, 0.29) is 18.1 Å². The summed E-state index contributed by atoms with van der Waals surface area (Å²) in [5.41, 5.74) is 3.18.